The number of nitrogens with two attached hydrogens (primary N) is 1. The second-order valence-electron chi connectivity index (χ2n) is 2.42. The third-order valence-electron chi connectivity index (χ3n) is 1.54. The van der Waals surface area contributed by atoms with Crippen molar-refractivity contribution in [1.29, 1.82) is 0 Å². The van der Waals surface area contributed by atoms with Crippen LogP contribution in [0.3, 0.4) is 0 Å². The van der Waals surface area contributed by atoms with Gasteiger partial charge in [0.15, 0.2) is 0 Å². The molecule has 0 aromatic carbocycles. The highest BCUT2D eigenvalue weighted by Gasteiger charge is 2.12. The van der Waals surface area contributed by atoms with Gasteiger partial charge in [-0.2, -0.15) is 0 Å². The summed E-state index contributed by atoms with van der Waals surface area (Å²) in [6.07, 6.45) is -2.73. The van der Waals surface area contributed by atoms with E-state index >= 15 is 0 Å². The van der Waals surface area contributed by atoms with Crippen molar-refractivity contribution in [2.24, 2.45) is 0 Å². The van der Waals surface area contributed by atoms with E-state index in [2.05, 4.69) is 4.98 Å². The molecule has 0 aliphatic rings. The highest BCUT2D eigenvalue weighted by Crippen LogP contribution is 2.17. The van der Waals surface area contributed by atoms with E-state index in [4.69, 9.17) is 17.3 Å². The first-order chi connectivity index (χ1) is 6.06. The number of alkyl halides is 3. The van der Waals surface area contributed by atoms with Gasteiger partial charge in [0.2, 0.25) is 5.43 Å². The van der Waals surface area contributed by atoms with E-state index in [1.54, 1.807) is 0 Å². The zero-order valence-electron chi connectivity index (χ0n) is 6.48. The Morgan fingerprint density at radius 3 is 2.69 bits per heavy atom. The first-order valence-electron chi connectivity index (χ1n) is 3.42. The number of hydrogen-bond donors (Lipinski definition) is 2. The van der Waals surface area contributed by atoms with Crippen LogP contribution in [0.5, 0.6) is 0 Å². The molecule has 3 N–H and O–H groups in total. The maximum atomic E-state index is 12.1. The Bertz CT molecular complexity index is 364. The molecule has 0 atom stereocenters. The van der Waals surface area contributed by atoms with Gasteiger partial charge in [0.1, 0.15) is 5.69 Å². The molecule has 0 bridgehead atoms. The summed E-state index contributed by atoms with van der Waals surface area (Å²) in [5.74, 6) is -0.0956. The summed E-state index contributed by atoms with van der Waals surface area (Å²) in [7, 11) is 0. The summed E-state index contributed by atoms with van der Waals surface area (Å²) in [4.78, 5) is 13.3. The van der Waals surface area contributed by atoms with Crippen LogP contribution in [0.4, 0.5) is 14.5 Å². The number of rotatable bonds is 2. The second-order valence-corrected chi connectivity index (χ2v) is 2.68. The highest BCUT2D eigenvalue weighted by molar-refractivity contribution is 6.17. The zero-order chi connectivity index (χ0) is 10.0. The Labute approximate surface area is 77.5 Å². The first-order valence-corrected chi connectivity index (χ1v) is 3.95. The van der Waals surface area contributed by atoms with E-state index in [1.807, 2.05) is 0 Å². The van der Waals surface area contributed by atoms with Crippen LogP contribution in [-0.4, -0.2) is 4.98 Å². The van der Waals surface area contributed by atoms with Crippen LogP contribution >= 0.6 is 11.6 Å². The van der Waals surface area contributed by atoms with Gasteiger partial charge in [-0.1, -0.05) is 0 Å². The Hall–Kier alpha value is -1.10. The Morgan fingerprint density at radius 1 is 1.62 bits per heavy atom. The number of anilines is 1. The van der Waals surface area contributed by atoms with Crippen LogP contribution in [0.2, 0.25) is 0 Å². The summed E-state index contributed by atoms with van der Waals surface area (Å²) in [5.41, 5.74) is 4.21. The molecule has 0 saturated heterocycles. The lowest BCUT2D eigenvalue weighted by atomic mass is 10.2. The maximum absolute atomic E-state index is 12.1. The Kier molecular flexibility index (Phi) is 2.87. The summed E-state index contributed by atoms with van der Waals surface area (Å²) in [6.45, 7) is 0. The molecule has 1 rings (SSSR count). The molecule has 0 amide bonds. The summed E-state index contributed by atoms with van der Waals surface area (Å²) in [6, 6.07) is 0.774. The van der Waals surface area contributed by atoms with Crippen molar-refractivity contribution in [3.8, 4) is 0 Å². The highest BCUT2D eigenvalue weighted by atomic mass is 35.5. The lowest BCUT2D eigenvalue weighted by Crippen LogP contribution is -2.13. The molecule has 0 saturated carbocycles. The minimum Gasteiger partial charge on any atom is -0.394 e. The summed E-state index contributed by atoms with van der Waals surface area (Å²) < 4.78 is 24.3. The fourth-order valence-corrected chi connectivity index (χ4v) is 1.08. The number of halogens is 3. The molecule has 6 heteroatoms. The van der Waals surface area contributed by atoms with Crippen molar-refractivity contribution in [1.82, 2.24) is 4.98 Å². The third-order valence-corrected chi connectivity index (χ3v) is 1.81. The van der Waals surface area contributed by atoms with Crippen molar-refractivity contribution < 1.29 is 8.78 Å². The van der Waals surface area contributed by atoms with Gasteiger partial charge in [0, 0.05) is 6.07 Å². The minimum absolute atomic E-state index is 0.0956. The number of H-pyrrole nitrogens is 1. The van der Waals surface area contributed by atoms with Crippen molar-refractivity contribution >= 4 is 17.3 Å². The molecule has 0 fully saturated rings. The van der Waals surface area contributed by atoms with Gasteiger partial charge in [-0.3, -0.25) is 4.79 Å². The van der Waals surface area contributed by atoms with Gasteiger partial charge >= 0.3 is 0 Å². The number of aromatic nitrogens is 1. The van der Waals surface area contributed by atoms with Gasteiger partial charge in [-0.15, -0.1) is 11.6 Å². The number of nitrogens with one attached hydrogen (secondary N) is 1. The number of nitrogen functional groups attached to an aromatic ring is 1. The molecule has 72 valence electrons. The van der Waals surface area contributed by atoms with Gasteiger partial charge in [0.25, 0.3) is 6.43 Å². The predicted molar refractivity (Wildman–Crippen MR) is 46.0 cm³/mol. The zero-order valence-corrected chi connectivity index (χ0v) is 7.24. The quantitative estimate of drug-likeness (QED) is 0.726. The largest absolute Gasteiger partial charge is 0.394 e. The molecule has 0 aliphatic carbocycles. The fraction of sp³-hybridized carbons (Fsp3) is 0.286. The van der Waals surface area contributed by atoms with Crippen molar-refractivity contribution in [3.05, 3.63) is 27.7 Å². The lowest BCUT2D eigenvalue weighted by molar-refractivity contribution is 0.146. The van der Waals surface area contributed by atoms with Crippen LogP contribution in [-0.2, 0) is 5.88 Å². The number of pyridine rings is 1. The number of hydrogen-bond acceptors (Lipinski definition) is 2. The molecule has 1 heterocycles. The molecular weight excluding hydrogens is 202 g/mol. The molecule has 3 nitrogen and oxygen atoms in total. The van der Waals surface area contributed by atoms with Crippen LogP contribution in [0, 0.1) is 0 Å². The van der Waals surface area contributed by atoms with Crippen LogP contribution in [0.15, 0.2) is 10.9 Å². The van der Waals surface area contributed by atoms with Crippen LogP contribution < -0.4 is 11.2 Å². The van der Waals surface area contributed by atoms with Gasteiger partial charge in [-0.05, 0) is 0 Å². The normalized spacial score (nSPS) is 10.8. The third kappa shape index (κ3) is 1.98. The van der Waals surface area contributed by atoms with Crippen LogP contribution in [0.25, 0.3) is 0 Å². The molecular formula is C7H7ClF2N2O. The molecule has 0 spiro atoms. The monoisotopic (exact) mass is 208 g/mol. The standard InChI is InChI=1S/C7H7ClF2N2O/c8-2-4-6(11)5(13)1-3(12-4)7(9)10/h1,7H,2,11H2,(H,12,13). The van der Waals surface area contributed by atoms with Crippen molar-refractivity contribution in [3.63, 3.8) is 0 Å². The Balaban J connectivity index is 3.31. The van der Waals surface area contributed by atoms with Crippen molar-refractivity contribution in [2.75, 3.05) is 5.73 Å². The molecule has 0 aliphatic heterocycles. The van der Waals surface area contributed by atoms with Gasteiger partial charge in [-0.25, -0.2) is 8.78 Å². The molecule has 0 unspecified atom stereocenters. The van der Waals surface area contributed by atoms with Gasteiger partial charge < -0.3 is 10.7 Å². The predicted octanol–water partition coefficient (Wildman–Crippen LogP) is 1.63. The summed E-state index contributed by atoms with van der Waals surface area (Å²) in [5, 5.41) is 0. The second kappa shape index (κ2) is 3.74. The maximum Gasteiger partial charge on any atom is 0.278 e. The fourth-order valence-electron chi connectivity index (χ4n) is 0.868. The molecule has 13 heavy (non-hydrogen) atoms. The SMILES string of the molecule is Nc1c(CCl)[nH]c(C(F)F)cc1=O. The van der Waals surface area contributed by atoms with Crippen LogP contribution in [0.1, 0.15) is 17.8 Å². The lowest BCUT2D eigenvalue weighted by Gasteiger charge is -2.05. The molecule has 1 aromatic heterocycles. The average molecular weight is 209 g/mol. The molecule has 1 aromatic rings. The van der Waals surface area contributed by atoms with Gasteiger partial charge in [0.05, 0.1) is 17.3 Å². The average Bonchev–Trinajstić information content (AvgIpc) is 2.09. The smallest absolute Gasteiger partial charge is 0.278 e. The molecule has 0 radical (unpaired) electrons. The van der Waals surface area contributed by atoms with E-state index in [0.717, 1.165) is 6.07 Å². The number of aromatic amines is 1. The van der Waals surface area contributed by atoms with E-state index in [0.29, 0.717) is 0 Å². The summed E-state index contributed by atoms with van der Waals surface area (Å²) >= 11 is 5.39. The minimum atomic E-state index is -2.73. The van der Waals surface area contributed by atoms with E-state index < -0.39 is 17.5 Å². The first kappa shape index (κ1) is 9.98. The topological polar surface area (TPSA) is 58.9 Å². The van der Waals surface area contributed by atoms with E-state index in [1.165, 1.54) is 0 Å². The van der Waals surface area contributed by atoms with Crippen molar-refractivity contribution in [2.45, 2.75) is 12.3 Å². The Morgan fingerprint density at radius 2 is 2.23 bits per heavy atom. The van der Waals surface area contributed by atoms with E-state index in [9.17, 15) is 13.6 Å². The van der Waals surface area contributed by atoms with E-state index in [-0.39, 0.29) is 17.3 Å².